The smallest absolute Gasteiger partial charge is 0.239 e. The summed E-state index contributed by atoms with van der Waals surface area (Å²) in [5.41, 5.74) is -0.304. The Balaban J connectivity index is 0.000000195. The van der Waals surface area contributed by atoms with Crippen molar-refractivity contribution in [2.45, 2.75) is 24.6 Å². The van der Waals surface area contributed by atoms with E-state index in [0.717, 1.165) is 24.3 Å². The van der Waals surface area contributed by atoms with Gasteiger partial charge in [-0.25, -0.2) is 0 Å². The molecule has 8 N–H and O–H groups in total. The van der Waals surface area contributed by atoms with Gasteiger partial charge in [-0.1, -0.05) is 42.5 Å². The molecule has 1 unspecified atom stereocenters. The van der Waals surface area contributed by atoms with Crippen molar-refractivity contribution >= 4 is 21.9 Å². The number of ether oxygens (including phenoxy) is 2. The molecule has 4 aromatic carbocycles. The van der Waals surface area contributed by atoms with Crippen LogP contribution in [0.3, 0.4) is 0 Å². The van der Waals surface area contributed by atoms with E-state index < -0.39 is 65.1 Å². The van der Waals surface area contributed by atoms with Gasteiger partial charge in [-0.05, 0) is 30.3 Å². The summed E-state index contributed by atoms with van der Waals surface area (Å²) in [5, 5.41) is 78.9. The predicted octanol–water partition coefficient (Wildman–Crippen LogP) is 3.27. The molecule has 0 spiro atoms. The number of hydrogen-bond acceptors (Lipinski definition) is 14. The van der Waals surface area contributed by atoms with E-state index in [-0.39, 0.29) is 39.6 Å². The molecular weight excluding hydrogens is 644 g/mol. The van der Waals surface area contributed by atoms with E-state index in [2.05, 4.69) is 0 Å². The van der Waals surface area contributed by atoms with Gasteiger partial charge >= 0.3 is 0 Å². The van der Waals surface area contributed by atoms with Crippen LogP contribution in [0.5, 0.6) is 34.5 Å². The highest BCUT2D eigenvalue weighted by Gasteiger charge is 2.40. The van der Waals surface area contributed by atoms with Crippen LogP contribution in [0, 0.1) is 0 Å². The second-order valence-corrected chi connectivity index (χ2v) is 11.0. The van der Waals surface area contributed by atoms with Crippen LogP contribution in [-0.2, 0) is 4.74 Å². The molecule has 7 rings (SSSR count). The molecule has 1 aliphatic heterocycles. The molecule has 2 aromatic heterocycles. The van der Waals surface area contributed by atoms with Gasteiger partial charge in [-0.2, -0.15) is 0 Å². The Kier molecular flexibility index (Phi) is 8.86. The van der Waals surface area contributed by atoms with Gasteiger partial charge in [-0.3, -0.25) is 9.59 Å². The lowest BCUT2D eigenvalue weighted by Gasteiger charge is -2.34. The van der Waals surface area contributed by atoms with Gasteiger partial charge in [0.05, 0.1) is 12.0 Å². The summed E-state index contributed by atoms with van der Waals surface area (Å²) in [7, 11) is 0. The molecule has 49 heavy (non-hydrogen) atoms. The Hall–Kier alpha value is -6.06. The van der Waals surface area contributed by atoms with Crippen molar-refractivity contribution in [1.29, 1.82) is 0 Å². The second kappa shape index (κ2) is 13.2. The molecule has 252 valence electrons. The average Bonchev–Trinajstić information content (AvgIpc) is 3.09. The summed E-state index contributed by atoms with van der Waals surface area (Å²) in [5.74, 6) is -2.93. The molecule has 0 saturated carbocycles. The maximum absolute atomic E-state index is 13.1. The summed E-state index contributed by atoms with van der Waals surface area (Å²) < 4.78 is 21.9. The first-order chi connectivity index (χ1) is 23.4. The minimum Gasteiger partial charge on any atom is -0.508 e. The molecule has 14 heteroatoms. The maximum Gasteiger partial charge on any atom is 0.239 e. The molecule has 1 saturated heterocycles. The van der Waals surface area contributed by atoms with Crippen LogP contribution in [0.1, 0.15) is 0 Å². The summed E-state index contributed by atoms with van der Waals surface area (Å²) in [6.45, 7) is -0.393. The van der Waals surface area contributed by atoms with Gasteiger partial charge in [0, 0.05) is 23.3 Å². The number of phenolic OH excluding ortho intramolecular Hbond substituents is 4. The summed E-state index contributed by atoms with van der Waals surface area (Å²) >= 11 is 0. The highest BCUT2D eigenvalue weighted by molar-refractivity contribution is 5.88. The molecule has 4 atom stereocenters. The molecular formula is C35H28O14. The molecule has 0 aliphatic carbocycles. The topological polar surface area (TPSA) is 241 Å². The van der Waals surface area contributed by atoms with E-state index in [1.54, 1.807) is 36.4 Å². The number of phenols is 4. The predicted molar refractivity (Wildman–Crippen MR) is 173 cm³/mol. The van der Waals surface area contributed by atoms with E-state index in [0.29, 0.717) is 16.5 Å². The number of aromatic hydroxyl groups is 5. The van der Waals surface area contributed by atoms with E-state index >= 15 is 0 Å². The SMILES string of the molecule is O=c1c(O)c(-c2ccccc2)oc2ccccc12.O=c1c(OC2OC[C@H](O)[C@H](O)[C@H]2O)c(-c2ccc(O)c(O)c2)oc2cc(O)cc(O)c12. The molecule has 0 radical (unpaired) electrons. The molecule has 0 bridgehead atoms. The quantitative estimate of drug-likeness (QED) is 0.125. The van der Waals surface area contributed by atoms with Gasteiger partial charge in [0.2, 0.25) is 28.6 Å². The fourth-order valence-corrected chi connectivity index (χ4v) is 5.15. The zero-order chi connectivity index (χ0) is 35.0. The van der Waals surface area contributed by atoms with E-state index in [1.165, 1.54) is 6.07 Å². The van der Waals surface area contributed by atoms with E-state index in [4.69, 9.17) is 18.3 Å². The Bertz CT molecular complexity index is 2280. The third-order valence-corrected chi connectivity index (χ3v) is 7.65. The zero-order valence-corrected chi connectivity index (χ0v) is 25.1. The number of aliphatic hydroxyl groups excluding tert-OH is 3. The third-order valence-electron chi connectivity index (χ3n) is 7.65. The molecule has 1 aliphatic rings. The number of para-hydroxylation sites is 1. The largest absolute Gasteiger partial charge is 0.508 e. The summed E-state index contributed by atoms with van der Waals surface area (Å²) in [4.78, 5) is 25.2. The molecule has 1 fully saturated rings. The van der Waals surface area contributed by atoms with E-state index in [9.17, 15) is 50.4 Å². The molecule has 14 nitrogen and oxygen atoms in total. The minimum absolute atomic E-state index is 0.0676. The van der Waals surface area contributed by atoms with E-state index in [1.807, 2.05) is 18.2 Å². The lowest BCUT2D eigenvalue weighted by molar-refractivity contribution is -0.242. The standard InChI is InChI=1S/C20H18O11.C15H10O3/c21-8-4-11(24)14-13(5-8)30-18(7-1-2-9(22)10(23)3-7)19(16(14)27)31-20-17(28)15(26)12(25)6-29-20;16-13-11-8-4-5-9-12(11)18-15(14(13)17)10-6-2-1-3-7-10/h1-5,12,15,17,20-26,28H,6H2;1-9,17H/t12-,15-,17+,20?;/m0./s1. The Morgan fingerprint density at radius 3 is 2.06 bits per heavy atom. The van der Waals surface area contributed by atoms with Gasteiger partial charge in [0.15, 0.2) is 23.0 Å². The van der Waals surface area contributed by atoms with Crippen molar-refractivity contribution < 1.29 is 59.2 Å². The number of benzene rings is 4. The minimum atomic E-state index is -1.73. The lowest BCUT2D eigenvalue weighted by atomic mass is 10.1. The maximum atomic E-state index is 13.1. The van der Waals surface area contributed by atoms with Gasteiger partial charge in [-0.15, -0.1) is 0 Å². The summed E-state index contributed by atoms with van der Waals surface area (Å²) in [6.07, 6.45) is -6.29. The van der Waals surface area contributed by atoms with Crippen LogP contribution in [0.4, 0.5) is 0 Å². The first-order valence-electron chi connectivity index (χ1n) is 14.6. The number of fused-ring (bicyclic) bond motifs is 2. The molecule has 0 amide bonds. The number of rotatable bonds is 4. The van der Waals surface area contributed by atoms with Gasteiger partial charge < -0.3 is 59.2 Å². The van der Waals surface area contributed by atoms with Crippen LogP contribution < -0.4 is 15.6 Å². The van der Waals surface area contributed by atoms with Gasteiger partial charge in [0.25, 0.3) is 0 Å². The highest BCUT2D eigenvalue weighted by atomic mass is 16.7. The average molecular weight is 673 g/mol. The van der Waals surface area contributed by atoms with Gasteiger partial charge in [0.1, 0.15) is 46.4 Å². The monoisotopic (exact) mass is 672 g/mol. The Morgan fingerprint density at radius 2 is 1.33 bits per heavy atom. The number of aliphatic hydroxyl groups is 3. The van der Waals surface area contributed by atoms with Crippen molar-refractivity contribution in [1.82, 2.24) is 0 Å². The highest BCUT2D eigenvalue weighted by Crippen LogP contribution is 2.39. The molecule has 3 heterocycles. The van der Waals surface area contributed by atoms with Crippen LogP contribution in [-0.4, -0.2) is 72.1 Å². The van der Waals surface area contributed by atoms with Crippen LogP contribution in [0.2, 0.25) is 0 Å². The fraction of sp³-hybridized carbons (Fsp3) is 0.143. The number of hydrogen-bond donors (Lipinski definition) is 8. The summed E-state index contributed by atoms with van der Waals surface area (Å²) in [6, 6.07) is 21.4. The van der Waals surface area contributed by atoms with Crippen LogP contribution in [0.15, 0.2) is 103 Å². The normalized spacial score (nSPS) is 18.9. The zero-order valence-electron chi connectivity index (χ0n) is 25.1. The van der Waals surface area contributed by atoms with Crippen molar-refractivity contribution in [3.05, 3.63) is 105 Å². The van der Waals surface area contributed by atoms with Crippen molar-refractivity contribution in [3.63, 3.8) is 0 Å². The lowest BCUT2D eigenvalue weighted by Crippen LogP contribution is -2.55. The van der Waals surface area contributed by atoms with Crippen LogP contribution >= 0.6 is 0 Å². The Labute approximate surface area is 274 Å². The first kappa shape index (κ1) is 32.9. The third kappa shape index (κ3) is 6.31. The van der Waals surface area contributed by atoms with Crippen molar-refractivity contribution in [2.24, 2.45) is 0 Å². The fourth-order valence-electron chi connectivity index (χ4n) is 5.15. The second-order valence-electron chi connectivity index (χ2n) is 11.0. The first-order valence-corrected chi connectivity index (χ1v) is 14.6. The van der Waals surface area contributed by atoms with Crippen LogP contribution in [0.25, 0.3) is 44.6 Å². The van der Waals surface area contributed by atoms with Crippen molar-refractivity contribution in [2.75, 3.05) is 6.61 Å². The van der Waals surface area contributed by atoms with Crippen molar-refractivity contribution in [3.8, 4) is 57.1 Å². The Morgan fingerprint density at radius 1 is 0.633 bits per heavy atom. The molecule has 6 aromatic rings.